The van der Waals surface area contributed by atoms with Gasteiger partial charge in [0, 0.05) is 11.6 Å². The monoisotopic (exact) mass is 381 g/mol. The van der Waals surface area contributed by atoms with E-state index in [1.807, 2.05) is 18.2 Å². The lowest BCUT2D eigenvalue weighted by molar-refractivity contribution is 0.102. The molecule has 0 atom stereocenters. The molecule has 6 nitrogen and oxygen atoms in total. The molecule has 2 heterocycles. The van der Waals surface area contributed by atoms with Crippen LogP contribution in [0.4, 0.5) is 10.1 Å². The minimum absolute atomic E-state index is 0.0309. The first-order valence-corrected chi connectivity index (χ1v) is 8.45. The molecular weight excluding hydrogens is 369 g/mol. The van der Waals surface area contributed by atoms with Gasteiger partial charge in [-0.2, -0.15) is 0 Å². The van der Waals surface area contributed by atoms with E-state index in [0.29, 0.717) is 17.1 Å². The highest BCUT2D eigenvalue weighted by Gasteiger charge is 2.18. The summed E-state index contributed by atoms with van der Waals surface area (Å²) in [5.74, 6) is -0.927. The van der Waals surface area contributed by atoms with Crippen LogP contribution in [0.5, 0.6) is 0 Å². The van der Waals surface area contributed by atoms with E-state index in [1.165, 1.54) is 22.9 Å². The topological polar surface area (TPSA) is 72.7 Å². The molecule has 0 fully saturated rings. The Kier molecular flexibility index (Phi) is 4.29. The van der Waals surface area contributed by atoms with E-state index >= 15 is 0 Å². The second kappa shape index (κ2) is 6.77. The number of fused-ring (bicyclic) bond motifs is 1. The van der Waals surface area contributed by atoms with E-state index in [-0.39, 0.29) is 10.7 Å². The number of anilines is 1. The number of hydrogen-bond acceptors (Lipinski definition) is 4. The summed E-state index contributed by atoms with van der Waals surface area (Å²) in [6.45, 7) is 1.71. The van der Waals surface area contributed by atoms with Crippen LogP contribution in [0, 0.1) is 12.7 Å². The fourth-order valence-electron chi connectivity index (χ4n) is 2.79. The third-order valence-corrected chi connectivity index (χ3v) is 4.44. The summed E-state index contributed by atoms with van der Waals surface area (Å²) in [5.41, 5.74) is 2.59. The van der Waals surface area contributed by atoms with E-state index in [2.05, 4.69) is 20.6 Å². The zero-order chi connectivity index (χ0) is 19.0. The first-order valence-electron chi connectivity index (χ1n) is 8.07. The minimum atomic E-state index is -0.527. The molecule has 2 aromatic carbocycles. The smallest absolute Gasteiger partial charge is 0.278 e. The second-order valence-electron chi connectivity index (χ2n) is 5.86. The zero-order valence-electron chi connectivity index (χ0n) is 14.1. The summed E-state index contributed by atoms with van der Waals surface area (Å²) in [4.78, 5) is 17.0. The maximum absolute atomic E-state index is 13.4. The van der Waals surface area contributed by atoms with Crippen LogP contribution in [0.2, 0.25) is 5.02 Å². The Balaban J connectivity index is 1.67. The van der Waals surface area contributed by atoms with Gasteiger partial charge < -0.3 is 5.32 Å². The average Bonchev–Trinajstić information content (AvgIpc) is 3.06. The fraction of sp³-hybridized carbons (Fsp3) is 0.0526. The molecule has 0 aliphatic heterocycles. The van der Waals surface area contributed by atoms with Gasteiger partial charge in [-0.15, -0.1) is 5.10 Å². The van der Waals surface area contributed by atoms with Crippen LogP contribution in [0.1, 0.15) is 16.2 Å². The van der Waals surface area contributed by atoms with Crippen LogP contribution >= 0.6 is 11.6 Å². The van der Waals surface area contributed by atoms with Crippen molar-refractivity contribution < 1.29 is 9.18 Å². The predicted octanol–water partition coefficient (Wildman–Crippen LogP) is 4.17. The molecule has 0 radical (unpaired) electrons. The molecule has 1 amide bonds. The van der Waals surface area contributed by atoms with Crippen molar-refractivity contribution in [3.8, 4) is 5.69 Å². The van der Waals surface area contributed by atoms with E-state index in [0.717, 1.165) is 10.9 Å². The number of pyridine rings is 1. The molecule has 0 aliphatic carbocycles. The lowest BCUT2D eigenvalue weighted by Gasteiger charge is -2.08. The lowest BCUT2D eigenvalue weighted by atomic mass is 10.1. The third-order valence-electron chi connectivity index (χ3n) is 4.15. The van der Waals surface area contributed by atoms with Crippen molar-refractivity contribution in [1.82, 2.24) is 20.0 Å². The molecule has 0 bridgehead atoms. The van der Waals surface area contributed by atoms with E-state index < -0.39 is 11.7 Å². The number of amides is 1. The van der Waals surface area contributed by atoms with E-state index in [4.69, 9.17) is 11.6 Å². The van der Waals surface area contributed by atoms with Gasteiger partial charge >= 0.3 is 0 Å². The van der Waals surface area contributed by atoms with Gasteiger partial charge in [0.05, 0.1) is 27.6 Å². The van der Waals surface area contributed by atoms with Crippen molar-refractivity contribution >= 4 is 34.1 Å². The highest BCUT2D eigenvalue weighted by atomic mass is 35.5. The molecule has 4 aromatic rings. The Morgan fingerprint density at radius 2 is 2.04 bits per heavy atom. The summed E-state index contributed by atoms with van der Waals surface area (Å²) < 4.78 is 14.8. The second-order valence-corrected chi connectivity index (χ2v) is 6.27. The van der Waals surface area contributed by atoms with E-state index in [9.17, 15) is 9.18 Å². The Bertz CT molecular complexity index is 1170. The molecular formula is C19H13ClFN5O. The van der Waals surface area contributed by atoms with Gasteiger partial charge in [-0.3, -0.25) is 9.78 Å². The number of nitrogens with one attached hydrogen (secondary N) is 1. The predicted molar refractivity (Wildman–Crippen MR) is 101 cm³/mol. The number of carbonyl (C=O) groups excluding carboxylic acids is 1. The minimum Gasteiger partial charge on any atom is -0.320 e. The fourth-order valence-corrected chi connectivity index (χ4v) is 2.97. The van der Waals surface area contributed by atoms with Crippen LogP contribution in [0.3, 0.4) is 0 Å². The first kappa shape index (κ1) is 17.1. The zero-order valence-corrected chi connectivity index (χ0v) is 14.9. The van der Waals surface area contributed by atoms with Gasteiger partial charge in [0.25, 0.3) is 5.91 Å². The van der Waals surface area contributed by atoms with Gasteiger partial charge in [-0.25, -0.2) is 9.07 Å². The average molecular weight is 382 g/mol. The summed E-state index contributed by atoms with van der Waals surface area (Å²) >= 11 is 5.83. The molecule has 0 saturated carbocycles. The summed E-state index contributed by atoms with van der Waals surface area (Å²) in [5, 5.41) is 11.6. The van der Waals surface area contributed by atoms with Crippen molar-refractivity contribution in [1.29, 1.82) is 0 Å². The Morgan fingerprint density at radius 1 is 1.19 bits per heavy atom. The Labute approximate surface area is 158 Å². The van der Waals surface area contributed by atoms with Crippen LogP contribution < -0.4 is 5.32 Å². The molecule has 4 rings (SSSR count). The maximum atomic E-state index is 13.4. The molecule has 0 spiro atoms. The number of rotatable bonds is 3. The molecule has 27 heavy (non-hydrogen) atoms. The van der Waals surface area contributed by atoms with Crippen LogP contribution in [0.15, 0.2) is 54.7 Å². The maximum Gasteiger partial charge on any atom is 0.278 e. The van der Waals surface area contributed by atoms with Gasteiger partial charge in [0.15, 0.2) is 5.69 Å². The van der Waals surface area contributed by atoms with Gasteiger partial charge in [0.1, 0.15) is 5.82 Å². The first-order chi connectivity index (χ1) is 13.0. The summed E-state index contributed by atoms with van der Waals surface area (Å²) in [6, 6.07) is 13.3. The molecule has 1 N–H and O–H groups in total. The van der Waals surface area contributed by atoms with E-state index in [1.54, 1.807) is 25.3 Å². The van der Waals surface area contributed by atoms with Crippen LogP contribution in [0.25, 0.3) is 16.6 Å². The number of halogens is 2. The van der Waals surface area contributed by atoms with Crippen LogP contribution in [-0.4, -0.2) is 25.9 Å². The van der Waals surface area contributed by atoms with Crippen molar-refractivity contribution in [3.05, 3.63) is 77.0 Å². The van der Waals surface area contributed by atoms with Gasteiger partial charge in [0.2, 0.25) is 0 Å². The standard InChI is InChI=1S/C19H13ClFN5O/c1-11-18(24-25-26(11)12-7-8-15(21)14(20)10-12)19(27)23-17-6-2-5-16-13(17)4-3-9-22-16/h2-10H,1H3,(H,23,27). The normalized spacial score (nSPS) is 10.9. The summed E-state index contributed by atoms with van der Waals surface area (Å²) in [7, 11) is 0. The lowest BCUT2D eigenvalue weighted by Crippen LogP contribution is -2.14. The Morgan fingerprint density at radius 3 is 2.85 bits per heavy atom. The molecule has 8 heteroatoms. The van der Waals surface area contributed by atoms with Crippen molar-refractivity contribution in [2.24, 2.45) is 0 Å². The van der Waals surface area contributed by atoms with Crippen molar-refractivity contribution in [2.45, 2.75) is 6.92 Å². The quantitative estimate of drug-likeness (QED) is 0.578. The summed E-state index contributed by atoms with van der Waals surface area (Å²) in [6.07, 6.45) is 1.69. The largest absolute Gasteiger partial charge is 0.320 e. The Hall–Kier alpha value is -3.32. The molecule has 2 aromatic heterocycles. The molecule has 134 valence electrons. The SMILES string of the molecule is Cc1c(C(=O)Nc2cccc3ncccc23)nnn1-c1ccc(F)c(Cl)c1. The number of nitrogens with zero attached hydrogens (tertiary/aromatic N) is 4. The number of carbonyl (C=O) groups is 1. The van der Waals surface area contributed by atoms with Gasteiger partial charge in [-0.05, 0) is 49.4 Å². The molecule has 0 aliphatic rings. The molecule has 0 saturated heterocycles. The highest BCUT2D eigenvalue weighted by Crippen LogP contribution is 2.23. The number of aromatic nitrogens is 4. The van der Waals surface area contributed by atoms with Crippen molar-refractivity contribution in [2.75, 3.05) is 5.32 Å². The number of benzene rings is 2. The third kappa shape index (κ3) is 3.13. The van der Waals surface area contributed by atoms with Crippen molar-refractivity contribution in [3.63, 3.8) is 0 Å². The van der Waals surface area contributed by atoms with Gasteiger partial charge in [-0.1, -0.05) is 22.9 Å². The number of hydrogen-bond donors (Lipinski definition) is 1. The van der Waals surface area contributed by atoms with Crippen LogP contribution in [-0.2, 0) is 0 Å². The highest BCUT2D eigenvalue weighted by molar-refractivity contribution is 6.30. The molecule has 0 unspecified atom stereocenters.